The number of rotatable bonds is 1. The minimum atomic E-state index is -0.894. The maximum atomic E-state index is 11.3. The van der Waals surface area contributed by atoms with Crippen LogP contribution in [0.2, 0.25) is 0 Å². The first-order valence-electron chi connectivity index (χ1n) is 4.17. The number of amides is 1. The summed E-state index contributed by atoms with van der Waals surface area (Å²) in [7, 11) is 0. The van der Waals surface area contributed by atoms with Crippen LogP contribution < -0.4 is 5.63 Å². The van der Waals surface area contributed by atoms with Crippen molar-refractivity contribution in [3.8, 4) is 0 Å². The highest BCUT2D eigenvalue weighted by molar-refractivity contribution is 5.96. The van der Waals surface area contributed by atoms with E-state index in [-0.39, 0.29) is 5.56 Å². The van der Waals surface area contributed by atoms with Crippen LogP contribution in [0.4, 0.5) is 0 Å². The number of para-hydroxylation sites is 1. The van der Waals surface area contributed by atoms with Gasteiger partial charge in [-0.1, -0.05) is 18.2 Å². The number of carbonyl (C=O) groups excluding carboxylic acids is 1. The molecule has 0 saturated heterocycles. The molecule has 1 aromatic heterocycles. The summed E-state index contributed by atoms with van der Waals surface area (Å²) in [6, 6.07) is 8.19. The minimum Gasteiger partial charge on any atom is -0.422 e. The van der Waals surface area contributed by atoms with Crippen molar-refractivity contribution in [1.29, 1.82) is 5.53 Å². The van der Waals surface area contributed by atoms with Crippen LogP contribution in [0.3, 0.4) is 0 Å². The van der Waals surface area contributed by atoms with Gasteiger partial charge in [-0.25, -0.2) is 10.3 Å². The fourth-order valence-corrected chi connectivity index (χ4v) is 1.27. The lowest BCUT2D eigenvalue weighted by molar-refractivity contribution is 0.0987. The highest BCUT2D eigenvalue weighted by atomic mass is 16.4. The SMILES string of the molecule is N=NC(=O)c1cc2ccccc2oc1=O. The Kier molecular flexibility index (Phi) is 2.13. The highest BCUT2D eigenvalue weighted by Gasteiger charge is 2.12. The molecule has 5 nitrogen and oxygen atoms in total. The van der Waals surface area contributed by atoms with E-state index >= 15 is 0 Å². The summed E-state index contributed by atoms with van der Waals surface area (Å²) in [6.07, 6.45) is 0. The van der Waals surface area contributed by atoms with Gasteiger partial charge in [-0.05, 0) is 12.1 Å². The van der Waals surface area contributed by atoms with Gasteiger partial charge in [0.05, 0.1) is 0 Å². The third-order valence-electron chi connectivity index (χ3n) is 1.97. The maximum absolute atomic E-state index is 11.3. The standard InChI is InChI=1S/C10H6N2O3/c11-12-9(13)7-5-6-3-1-2-4-8(6)15-10(7)14/h1-5,11H. The van der Waals surface area contributed by atoms with Crippen molar-refractivity contribution in [2.75, 3.05) is 0 Å². The number of benzene rings is 1. The molecule has 0 atom stereocenters. The lowest BCUT2D eigenvalue weighted by atomic mass is 10.2. The van der Waals surface area contributed by atoms with Crippen molar-refractivity contribution in [1.82, 2.24) is 0 Å². The van der Waals surface area contributed by atoms with E-state index in [1.165, 1.54) is 6.07 Å². The summed E-state index contributed by atoms with van der Waals surface area (Å²) < 4.78 is 4.90. The van der Waals surface area contributed by atoms with Crippen molar-refractivity contribution < 1.29 is 9.21 Å². The third kappa shape index (κ3) is 1.54. The molecule has 0 spiro atoms. The number of nitrogens with zero attached hydrogens (tertiary/aromatic N) is 1. The molecule has 0 saturated carbocycles. The van der Waals surface area contributed by atoms with Crippen LogP contribution in [-0.2, 0) is 0 Å². The first-order valence-corrected chi connectivity index (χ1v) is 4.17. The van der Waals surface area contributed by atoms with Crippen molar-refractivity contribution >= 4 is 16.9 Å². The van der Waals surface area contributed by atoms with Gasteiger partial charge in [0, 0.05) is 5.39 Å². The molecule has 2 rings (SSSR count). The van der Waals surface area contributed by atoms with Gasteiger partial charge in [-0.15, -0.1) is 5.11 Å². The molecule has 0 aliphatic carbocycles. The molecule has 0 aliphatic heterocycles. The van der Waals surface area contributed by atoms with Crippen LogP contribution >= 0.6 is 0 Å². The number of nitrogens with one attached hydrogen (secondary N) is 1. The van der Waals surface area contributed by atoms with E-state index in [0.29, 0.717) is 11.0 Å². The lowest BCUT2D eigenvalue weighted by Crippen LogP contribution is -2.11. The predicted molar refractivity (Wildman–Crippen MR) is 52.0 cm³/mol. The third-order valence-corrected chi connectivity index (χ3v) is 1.97. The van der Waals surface area contributed by atoms with E-state index in [1.54, 1.807) is 24.3 Å². The average Bonchev–Trinajstić information content (AvgIpc) is 2.27. The zero-order valence-corrected chi connectivity index (χ0v) is 7.56. The fraction of sp³-hybridized carbons (Fsp3) is 0. The molecule has 1 aromatic carbocycles. The minimum absolute atomic E-state index is 0.219. The zero-order valence-electron chi connectivity index (χ0n) is 7.56. The quantitative estimate of drug-likeness (QED) is 0.566. The zero-order chi connectivity index (χ0) is 10.8. The van der Waals surface area contributed by atoms with Crippen molar-refractivity contribution in [3.05, 3.63) is 46.3 Å². The van der Waals surface area contributed by atoms with Crippen LogP contribution in [0.25, 0.3) is 11.0 Å². The molecule has 0 unspecified atom stereocenters. The van der Waals surface area contributed by atoms with Crippen molar-refractivity contribution in [3.63, 3.8) is 0 Å². The second kappa shape index (κ2) is 3.45. The van der Waals surface area contributed by atoms with E-state index in [2.05, 4.69) is 5.11 Å². The van der Waals surface area contributed by atoms with Crippen LogP contribution in [0, 0.1) is 5.53 Å². The molecule has 5 heteroatoms. The van der Waals surface area contributed by atoms with Crippen molar-refractivity contribution in [2.45, 2.75) is 0 Å². The van der Waals surface area contributed by atoms with E-state index < -0.39 is 11.5 Å². The molecule has 0 radical (unpaired) electrons. The number of fused-ring (bicyclic) bond motifs is 1. The molecule has 74 valence electrons. The lowest BCUT2D eigenvalue weighted by Gasteiger charge is -1.96. The highest BCUT2D eigenvalue weighted by Crippen LogP contribution is 2.12. The Balaban J connectivity index is 2.78. The Labute approximate surface area is 83.8 Å². The molecule has 0 aliphatic rings. The number of hydrogen-bond acceptors (Lipinski definition) is 4. The van der Waals surface area contributed by atoms with E-state index in [9.17, 15) is 9.59 Å². The van der Waals surface area contributed by atoms with Crippen LogP contribution in [-0.4, -0.2) is 5.91 Å². The monoisotopic (exact) mass is 202 g/mol. The predicted octanol–water partition coefficient (Wildman–Crippen LogP) is 1.96. The molecule has 2 aromatic rings. The molecule has 1 amide bonds. The van der Waals surface area contributed by atoms with Gasteiger partial charge in [0.2, 0.25) is 0 Å². The smallest absolute Gasteiger partial charge is 0.349 e. The van der Waals surface area contributed by atoms with Crippen molar-refractivity contribution in [2.24, 2.45) is 5.11 Å². The second-order valence-electron chi connectivity index (χ2n) is 2.90. The van der Waals surface area contributed by atoms with Gasteiger partial charge in [-0.2, -0.15) is 0 Å². The molecule has 0 bridgehead atoms. The summed E-state index contributed by atoms with van der Waals surface area (Å²) in [6.45, 7) is 0. The van der Waals surface area contributed by atoms with Gasteiger partial charge in [-0.3, -0.25) is 4.79 Å². The molecule has 1 heterocycles. The first kappa shape index (κ1) is 9.26. The van der Waals surface area contributed by atoms with Gasteiger partial charge in [0.25, 0.3) is 0 Å². The van der Waals surface area contributed by atoms with E-state index in [1.807, 2.05) is 0 Å². The summed E-state index contributed by atoms with van der Waals surface area (Å²) in [4.78, 5) is 22.4. The number of carbonyl (C=O) groups is 1. The molecular formula is C10H6N2O3. The second-order valence-corrected chi connectivity index (χ2v) is 2.90. The molecule has 1 N–H and O–H groups in total. The Morgan fingerprint density at radius 3 is 2.80 bits per heavy atom. The summed E-state index contributed by atoms with van der Waals surface area (Å²) in [5, 5.41) is 3.31. The van der Waals surface area contributed by atoms with E-state index in [0.717, 1.165) is 0 Å². The normalized spacial score (nSPS) is 10.1. The Hall–Kier alpha value is -2.30. The summed E-state index contributed by atoms with van der Waals surface area (Å²) >= 11 is 0. The average molecular weight is 202 g/mol. The molecule has 15 heavy (non-hydrogen) atoms. The number of hydrogen-bond donors (Lipinski definition) is 1. The van der Waals surface area contributed by atoms with Crippen LogP contribution in [0.5, 0.6) is 0 Å². The van der Waals surface area contributed by atoms with Crippen LogP contribution in [0.1, 0.15) is 10.4 Å². The summed E-state index contributed by atoms with van der Waals surface area (Å²) in [5.41, 5.74) is 5.96. The van der Waals surface area contributed by atoms with E-state index in [4.69, 9.17) is 9.95 Å². The Morgan fingerprint density at radius 1 is 1.33 bits per heavy atom. The van der Waals surface area contributed by atoms with Crippen LogP contribution in [0.15, 0.2) is 44.7 Å². The summed E-state index contributed by atoms with van der Waals surface area (Å²) in [5.74, 6) is -0.894. The van der Waals surface area contributed by atoms with Gasteiger partial charge < -0.3 is 4.42 Å². The topological polar surface area (TPSA) is 83.5 Å². The molecule has 0 fully saturated rings. The Morgan fingerprint density at radius 2 is 2.07 bits per heavy atom. The Bertz CT molecular complexity index is 601. The largest absolute Gasteiger partial charge is 0.422 e. The van der Waals surface area contributed by atoms with Gasteiger partial charge in [0.15, 0.2) is 0 Å². The fourth-order valence-electron chi connectivity index (χ4n) is 1.27. The molecular weight excluding hydrogens is 196 g/mol. The van der Waals surface area contributed by atoms with Gasteiger partial charge in [0.1, 0.15) is 11.1 Å². The maximum Gasteiger partial charge on any atom is 0.349 e. The van der Waals surface area contributed by atoms with Gasteiger partial charge >= 0.3 is 11.5 Å². The first-order chi connectivity index (χ1) is 7.22.